The van der Waals surface area contributed by atoms with Crippen LogP contribution >= 0.6 is 0 Å². The van der Waals surface area contributed by atoms with Crippen molar-refractivity contribution < 1.29 is 8.83 Å². The van der Waals surface area contributed by atoms with Crippen molar-refractivity contribution in [2.75, 3.05) is 0 Å². The first-order valence-electron chi connectivity index (χ1n) is 40.2. The lowest BCUT2D eigenvalue weighted by molar-refractivity contribution is 0.672. The van der Waals surface area contributed by atoms with E-state index in [0.717, 1.165) is 156 Å². The Morgan fingerprint density at radius 1 is 0.202 bits per heavy atom. The summed E-state index contributed by atoms with van der Waals surface area (Å²) in [6.45, 7) is 0. The van der Waals surface area contributed by atoms with Crippen LogP contribution in [-0.4, -0.2) is 34.5 Å². The first-order valence-corrected chi connectivity index (χ1v) is 40.2. The lowest BCUT2D eigenvalue weighted by Gasteiger charge is -2.13. The maximum Gasteiger partial charge on any atom is 0.162 e. The molecule has 7 heterocycles. The van der Waals surface area contributed by atoms with E-state index in [1.54, 1.807) is 0 Å². The lowest BCUT2D eigenvalue weighted by atomic mass is 9.92. The van der Waals surface area contributed by atoms with Crippen molar-refractivity contribution in [3.63, 3.8) is 0 Å². The van der Waals surface area contributed by atoms with Crippen LogP contribution in [0, 0.1) is 0 Å². The Kier molecular flexibility index (Phi) is 15.5. The second-order valence-corrected chi connectivity index (χ2v) is 30.6. The zero-order valence-electron chi connectivity index (χ0n) is 64.0. The Morgan fingerprint density at radius 2 is 0.580 bits per heavy atom. The first kappa shape index (κ1) is 67.4. The number of benzene rings is 18. The number of fused-ring (bicyclic) bond motifs is 25. The second-order valence-electron chi connectivity index (χ2n) is 30.6. The average Bonchev–Trinajstić information content (AvgIpc) is 1.66. The van der Waals surface area contributed by atoms with Crippen LogP contribution in [0.3, 0.4) is 0 Å². The highest BCUT2D eigenvalue weighted by Gasteiger charge is 2.25. The van der Waals surface area contributed by atoms with Gasteiger partial charge in [-0.15, -0.1) is 0 Å². The number of aromatic nitrogens is 7. The topological polar surface area (TPSA) is 109 Å². The summed E-state index contributed by atoms with van der Waals surface area (Å²) in [6, 6.07) is 138. The summed E-state index contributed by atoms with van der Waals surface area (Å²) >= 11 is 0. The third-order valence-corrected chi connectivity index (χ3v) is 23.9. The van der Waals surface area contributed by atoms with Gasteiger partial charge in [-0.3, -0.25) is 4.57 Å². The number of para-hydroxylation sites is 5. The van der Waals surface area contributed by atoms with Crippen molar-refractivity contribution in [2.45, 2.75) is 0 Å². The van der Waals surface area contributed by atoms with Gasteiger partial charge in [-0.2, -0.15) is 0 Å². The van der Waals surface area contributed by atoms with E-state index in [-0.39, 0.29) is 0 Å². The molecule has 0 aliphatic carbocycles. The SMILES string of the molecule is c1ccc(-c2cc(-c3cccc4c3nc(-c3ccc(-c5ccc6c7ccccc7c7ccccc7c6c5)cc3)c3c5ccccc5oc43)nc(-c3ccccc3)n2)cc1.c1ccc(-c2cc(-n3c4ccccc4c4ccccc43)nc(-c3ccc4c(c3)nc(-c3ccc5c6ccccc6c6ccccc6c5c3)c3c5ccccc5oc43)n2)cc1. The minimum absolute atomic E-state index is 0.618. The molecule has 552 valence electrons. The Labute approximate surface area is 681 Å². The smallest absolute Gasteiger partial charge is 0.162 e. The molecule has 0 radical (unpaired) electrons. The number of hydrogen-bond acceptors (Lipinski definition) is 8. The maximum absolute atomic E-state index is 6.74. The van der Waals surface area contributed by atoms with Crippen LogP contribution in [0.25, 0.3) is 248 Å². The molecule has 119 heavy (non-hydrogen) atoms. The summed E-state index contributed by atoms with van der Waals surface area (Å²) in [4.78, 5) is 31.9. The van der Waals surface area contributed by atoms with Crippen LogP contribution < -0.4 is 0 Å². The molecule has 0 N–H and O–H groups in total. The van der Waals surface area contributed by atoms with E-state index in [1.165, 1.54) is 81.0 Å². The molecule has 9 nitrogen and oxygen atoms in total. The average molecular weight is 1520 g/mol. The third kappa shape index (κ3) is 11.1. The molecule has 0 aliphatic rings. The van der Waals surface area contributed by atoms with Gasteiger partial charge in [-0.05, 0) is 136 Å². The molecule has 0 spiro atoms. The minimum atomic E-state index is 0.618. The molecule has 7 aromatic heterocycles. The number of furan rings is 2. The van der Waals surface area contributed by atoms with E-state index in [9.17, 15) is 0 Å². The highest BCUT2D eigenvalue weighted by Crippen LogP contribution is 2.47. The van der Waals surface area contributed by atoms with E-state index in [2.05, 4.69) is 332 Å². The van der Waals surface area contributed by atoms with Crippen molar-refractivity contribution in [3.8, 4) is 96.0 Å². The highest BCUT2D eigenvalue weighted by molar-refractivity contribution is 6.29. The molecule has 0 fully saturated rings. The van der Waals surface area contributed by atoms with Gasteiger partial charge in [-0.1, -0.05) is 328 Å². The second kappa shape index (κ2) is 27.3. The Hall–Kier alpha value is -16.1. The fraction of sp³-hybridized carbons (Fsp3) is 0. The van der Waals surface area contributed by atoms with Gasteiger partial charge in [0.05, 0.1) is 61.3 Å². The van der Waals surface area contributed by atoms with Gasteiger partial charge in [0.15, 0.2) is 11.6 Å². The summed E-state index contributed by atoms with van der Waals surface area (Å²) in [7, 11) is 0. The zero-order valence-corrected chi connectivity index (χ0v) is 64.0. The Morgan fingerprint density at radius 3 is 1.13 bits per heavy atom. The summed E-state index contributed by atoms with van der Waals surface area (Å²) < 4.78 is 15.7. The van der Waals surface area contributed by atoms with Gasteiger partial charge in [0.1, 0.15) is 28.1 Å². The molecule has 0 amide bonds. The van der Waals surface area contributed by atoms with Gasteiger partial charge < -0.3 is 8.83 Å². The number of hydrogen-bond donors (Lipinski definition) is 0. The lowest BCUT2D eigenvalue weighted by Crippen LogP contribution is -2.02. The summed E-state index contributed by atoms with van der Waals surface area (Å²) in [5, 5.41) is 23.3. The van der Waals surface area contributed by atoms with Crippen molar-refractivity contribution in [3.05, 3.63) is 394 Å². The van der Waals surface area contributed by atoms with Crippen LogP contribution in [0.1, 0.15) is 0 Å². The first-order chi connectivity index (χ1) is 59.0. The van der Waals surface area contributed by atoms with E-state index >= 15 is 0 Å². The third-order valence-electron chi connectivity index (χ3n) is 23.9. The van der Waals surface area contributed by atoms with E-state index in [4.69, 9.17) is 38.7 Å². The predicted molar refractivity (Wildman–Crippen MR) is 492 cm³/mol. The van der Waals surface area contributed by atoms with Crippen molar-refractivity contribution in [1.29, 1.82) is 0 Å². The van der Waals surface area contributed by atoms with Gasteiger partial charge in [0.25, 0.3) is 0 Å². The van der Waals surface area contributed by atoms with Crippen molar-refractivity contribution in [1.82, 2.24) is 34.5 Å². The molecule has 18 aromatic carbocycles. The van der Waals surface area contributed by atoms with E-state index in [1.807, 2.05) is 66.7 Å². The van der Waals surface area contributed by atoms with Gasteiger partial charge in [-0.25, -0.2) is 29.9 Å². The van der Waals surface area contributed by atoms with Crippen LogP contribution in [-0.2, 0) is 0 Å². The largest absolute Gasteiger partial charge is 0.455 e. The molecule has 0 atom stereocenters. The molecule has 9 heteroatoms. The molecule has 25 rings (SSSR count). The van der Waals surface area contributed by atoms with E-state index in [0.29, 0.717) is 11.6 Å². The van der Waals surface area contributed by atoms with Crippen LogP contribution in [0.2, 0.25) is 0 Å². The molecule has 0 bridgehead atoms. The highest BCUT2D eigenvalue weighted by atomic mass is 16.3. The van der Waals surface area contributed by atoms with Crippen LogP contribution in [0.15, 0.2) is 403 Å². The molecular formula is C110H65N7O2. The predicted octanol–water partition coefficient (Wildman–Crippen LogP) is 29.2. The fourth-order valence-electron chi connectivity index (χ4n) is 18.3. The monoisotopic (exact) mass is 1520 g/mol. The van der Waals surface area contributed by atoms with E-state index < -0.39 is 0 Å². The Bertz CT molecular complexity index is 8310. The number of pyridine rings is 2. The minimum Gasteiger partial charge on any atom is -0.455 e. The maximum atomic E-state index is 6.74. The normalized spacial score (nSPS) is 11.9. The number of rotatable bonds is 9. The molecule has 0 saturated heterocycles. The van der Waals surface area contributed by atoms with Gasteiger partial charge in [0, 0.05) is 77.3 Å². The quantitative estimate of drug-likeness (QED) is 0.132. The van der Waals surface area contributed by atoms with Gasteiger partial charge in [0.2, 0.25) is 0 Å². The van der Waals surface area contributed by atoms with Gasteiger partial charge >= 0.3 is 0 Å². The molecule has 0 aliphatic heterocycles. The standard InChI is InChI=1S/C55H32N4O.C55H33N3O/c1-2-14-33(15-3-1)46-32-51(59-48-23-11-8-20-41(48)42-21-9-12-24-49(42)59)58-55(57-46)35-27-29-43-47(31-35)56-53(52-44-22-10-13-25-50(44)60-54(43)52)34-26-28-40-38-18-5-4-16-36(38)37-17-6-7-19-39(37)45(40)30-34;1-3-14-35(15-4-1)48-33-49(57-55(56-48)37-16-5-2-6-17-37)44-23-13-24-46-53(44)58-52(51-45-22-11-12-25-50(45)59-54(46)51)36-28-26-34(27-29-36)38-30-31-43-41-20-8-7-18-39(41)40-19-9-10-21-42(40)47(43)32-38/h1-32H;1-33H. The molecule has 0 saturated carbocycles. The zero-order chi connectivity index (χ0) is 78.2. The van der Waals surface area contributed by atoms with Crippen LogP contribution in [0.5, 0.6) is 0 Å². The van der Waals surface area contributed by atoms with Crippen LogP contribution in [0.4, 0.5) is 0 Å². The number of nitrogens with zero attached hydrogens (tertiary/aromatic N) is 7. The Balaban J connectivity index is 0.000000136. The van der Waals surface area contributed by atoms with Crippen molar-refractivity contribution >= 4 is 152 Å². The fourth-order valence-corrected chi connectivity index (χ4v) is 18.3. The molecule has 0 unspecified atom stereocenters. The summed E-state index contributed by atoms with van der Waals surface area (Å²) in [5.41, 5.74) is 20.5. The summed E-state index contributed by atoms with van der Waals surface area (Å²) in [5.74, 6) is 2.08. The summed E-state index contributed by atoms with van der Waals surface area (Å²) in [6.07, 6.45) is 0. The van der Waals surface area contributed by atoms with Crippen molar-refractivity contribution in [2.24, 2.45) is 0 Å². The molecule has 25 aromatic rings. The molecular weight excluding hydrogens is 1450 g/mol.